The second-order valence-electron chi connectivity index (χ2n) is 8.32. The van der Waals surface area contributed by atoms with Gasteiger partial charge in [-0.3, -0.25) is 0 Å². The molecule has 0 unspecified atom stereocenters. The second-order valence-corrected chi connectivity index (χ2v) is 8.32. The van der Waals surface area contributed by atoms with Gasteiger partial charge in [0.2, 0.25) is 0 Å². The van der Waals surface area contributed by atoms with Crippen LogP contribution >= 0.6 is 0 Å². The molecule has 0 saturated carbocycles. The lowest BCUT2D eigenvalue weighted by molar-refractivity contribution is 0.201. The number of rotatable bonds is 8. The van der Waals surface area contributed by atoms with Gasteiger partial charge in [0.25, 0.3) is 0 Å². The van der Waals surface area contributed by atoms with Crippen molar-refractivity contribution in [1.29, 1.82) is 0 Å². The Hall–Kier alpha value is -3.34. The fraction of sp³-hybridized carbons (Fsp3) is 0.241. The summed E-state index contributed by atoms with van der Waals surface area (Å²) < 4.78 is 11.3. The first-order valence-corrected chi connectivity index (χ1v) is 11.5. The predicted octanol–water partition coefficient (Wildman–Crippen LogP) is 4.88. The van der Waals surface area contributed by atoms with Crippen molar-refractivity contribution in [3.63, 3.8) is 0 Å². The number of benzene rings is 3. The second kappa shape index (κ2) is 9.26. The number of aliphatic hydroxyl groups is 2. The summed E-state index contributed by atoms with van der Waals surface area (Å²) in [5.41, 5.74) is 7.28. The third kappa shape index (κ3) is 3.65. The standard InChI is InChI=1S/C29H28O4/c30-17-19-32-23-13-9-21(10-14-23)29(22-11-15-24(16-12-22)33-20-18-31)27-7-3-1-5-25(27)26-6-2-4-8-28(26)29/h1-3,5-7,9-16,30-31H,4,8,17-20H2. The maximum atomic E-state index is 9.10. The highest BCUT2D eigenvalue weighted by Gasteiger charge is 2.47. The van der Waals surface area contributed by atoms with E-state index >= 15 is 0 Å². The molecule has 3 aromatic carbocycles. The molecular formula is C29H28O4. The molecule has 0 bridgehead atoms. The van der Waals surface area contributed by atoms with E-state index in [4.69, 9.17) is 19.7 Å². The van der Waals surface area contributed by atoms with E-state index in [1.807, 2.05) is 24.3 Å². The highest BCUT2D eigenvalue weighted by atomic mass is 16.5. The lowest BCUT2D eigenvalue weighted by Gasteiger charge is -2.36. The van der Waals surface area contributed by atoms with Crippen molar-refractivity contribution < 1.29 is 19.7 Å². The molecule has 2 aliphatic carbocycles. The van der Waals surface area contributed by atoms with E-state index in [0.29, 0.717) is 0 Å². The Balaban J connectivity index is 1.70. The van der Waals surface area contributed by atoms with E-state index in [9.17, 15) is 0 Å². The Morgan fingerprint density at radius 2 is 1.30 bits per heavy atom. The zero-order chi connectivity index (χ0) is 22.7. The van der Waals surface area contributed by atoms with Crippen molar-refractivity contribution in [2.45, 2.75) is 18.3 Å². The number of aliphatic hydroxyl groups excluding tert-OH is 2. The van der Waals surface area contributed by atoms with Crippen LogP contribution in [0, 0.1) is 0 Å². The van der Waals surface area contributed by atoms with Crippen molar-refractivity contribution in [1.82, 2.24) is 0 Å². The smallest absolute Gasteiger partial charge is 0.119 e. The van der Waals surface area contributed by atoms with Crippen molar-refractivity contribution in [2.24, 2.45) is 0 Å². The number of allylic oxidation sites excluding steroid dienone is 4. The van der Waals surface area contributed by atoms with Crippen LogP contribution in [0.2, 0.25) is 0 Å². The molecule has 33 heavy (non-hydrogen) atoms. The van der Waals surface area contributed by atoms with Crippen LogP contribution in [0.1, 0.15) is 35.1 Å². The van der Waals surface area contributed by atoms with Crippen LogP contribution < -0.4 is 9.47 Å². The maximum absolute atomic E-state index is 9.10. The summed E-state index contributed by atoms with van der Waals surface area (Å²) >= 11 is 0. The average molecular weight is 441 g/mol. The van der Waals surface area contributed by atoms with Gasteiger partial charge in [-0.1, -0.05) is 60.7 Å². The van der Waals surface area contributed by atoms with E-state index in [1.54, 1.807) is 0 Å². The largest absolute Gasteiger partial charge is 0.491 e. The van der Waals surface area contributed by atoms with Gasteiger partial charge in [0.1, 0.15) is 24.7 Å². The molecule has 0 radical (unpaired) electrons. The summed E-state index contributed by atoms with van der Waals surface area (Å²) in [6.07, 6.45) is 6.55. The fourth-order valence-corrected chi connectivity index (χ4v) is 5.27. The number of fused-ring (bicyclic) bond motifs is 2. The molecule has 3 aromatic rings. The number of hydrogen-bond acceptors (Lipinski definition) is 4. The van der Waals surface area contributed by atoms with Gasteiger partial charge in [-0.15, -0.1) is 0 Å². The third-order valence-electron chi connectivity index (χ3n) is 6.54. The van der Waals surface area contributed by atoms with Crippen molar-refractivity contribution in [3.05, 3.63) is 113 Å². The van der Waals surface area contributed by atoms with Crippen molar-refractivity contribution in [2.75, 3.05) is 26.4 Å². The van der Waals surface area contributed by atoms with Gasteiger partial charge in [0, 0.05) is 0 Å². The fourth-order valence-electron chi connectivity index (χ4n) is 5.27. The van der Waals surface area contributed by atoms with E-state index < -0.39 is 5.41 Å². The quantitative estimate of drug-likeness (QED) is 0.524. The Labute approximate surface area is 194 Å². The molecule has 5 rings (SSSR count). The average Bonchev–Trinajstić information content (AvgIpc) is 3.18. The molecule has 2 aliphatic rings. The molecule has 0 amide bonds. The first kappa shape index (κ1) is 21.5. The normalized spacial score (nSPS) is 15.8. The molecular weight excluding hydrogens is 412 g/mol. The lowest BCUT2D eigenvalue weighted by Crippen LogP contribution is -2.30. The SMILES string of the molecule is OCCOc1ccc(C2(c3ccc(OCCO)cc3)C3=C(C=CCC3)c3ccccc32)cc1. The van der Waals surface area contributed by atoms with Gasteiger partial charge >= 0.3 is 0 Å². The number of hydrogen-bond donors (Lipinski definition) is 2. The lowest BCUT2D eigenvalue weighted by atomic mass is 9.65. The van der Waals surface area contributed by atoms with Crippen molar-refractivity contribution >= 4 is 5.57 Å². The minimum Gasteiger partial charge on any atom is -0.491 e. The summed E-state index contributed by atoms with van der Waals surface area (Å²) in [6.45, 7) is 0.546. The molecule has 0 spiro atoms. The molecule has 4 heteroatoms. The highest BCUT2D eigenvalue weighted by molar-refractivity contribution is 5.90. The van der Waals surface area contributed by atoms with Gasteiger partial charge in [-0.2, -0.15) is 0 Å². The molecule has 0 atom stereocenters. The Kier molecular flexibility index (Phi) is 6.03. The monoisotopic (exact) mass is 440 g/mol. The molecule has 0 heterocycles. The third-order valence-corrected chi connectivity index (χ3v) is 6.54. The summed E-state index contributed by atoms with van der Waals surface area (Å²) in [4.78, 5) is 0. The van der Waals surface area contributed by atoms with Crippen LogP contribution in [0.25, 0.3) is 5.57 Å². The zero-order valence-corrected chi connectivity index (χ0v) is 18.5. The summed E-state index contributed by atoms with van der Waals surface area (Å²) in [6, 6.07) is 25.2. The van der Waals surface area contributed by atoms with Crippen LogP contribution in [0.4, 0.5) is 0 Å². The van der Waals surface area contributed by atoms with Crippen molar-refractivity contribution in [3.8, 4) is 11.5 Å². The first-order valence-electron chi connectivity index (χ1n) is 11.5. The van der Waals surface area contributed by atoms with Crippen LogP contribution in [-0.4, -0.2) is 36.6 Å². The number of ether oxygens (including phenoxy) is 2. The van der Waals surface area contributed by atoms with Crippen LogP contribution in [0.5, 0.6) is 11.5 Å². The maximum Gasteiger partial charge on any atom is 0.119 e. The Morgan fingerprint density at radius 3 is 1.88 bits per heavy atom. The molecule has 2 N–H and O–H groups in total. The first-order chi connectivity index (χ1) is 16.3. The van der Waals surface area contributed by atoms with Gasteiger partial charge in [0.05, 0.1) is 18.6 Å². The van der Waals surface area contributed by atoms with Gasteiger partial charge in [-0.25, -0.2) is 0 Å². The summed E-state index contributed by atoms with van der Waals surface area (Å²) in [5.74, 6) is 1.50. The molecule has 0 saturated heterocycles. The zero-order valence-electron chi connectivity index (χ0n) is 18.5. The molecule has 0 aromatic heterocycles. The molecule has 168 valence electrons. The van der Waals surface area contributed by atoms with E-state index in [-0.39, 0.29) is 26.4 Å². The minimum absolute atomic E-state index is 0.00759. The van der Waals surface area contributed by atoms with Crippen LogP contribution in [-0.2, 0) is 5.41 Å². The van der Waals surface area contributed by atoms with Gasteiger partial charge < -0.3 is 19.7 Å². The van der Waals surface area contributed by atoms with Crippen LogP contribution in [0.3, 0.4) is 0 Å². The minimum atomic E-state index is -0.401. The molecule has 0 fully saturated rings. The van der Waals surface area contributed by atoms with E-state index in [0.717, 1.165) is 24.3 Å². The molecule has 4 nitrogen and oxygen atoms in total. The summed E-state index contributed by atoms with van der Waals surface area (Å²) in [5, 5.41) is 18.2. The highest BCUT2D eigenvalue weighted by Crippen LogP contribution is 2.57. The topological polar surface area (TPSA) is 58.9 Å². The van der Waals surface area contributed by atoms with Crippen LogP contribution in [0.15, 0.2) is 90.5 Å². The Bertz CT molecular complexity index is 1120. The van der Waals surface area contributed by atoms with Gasteiger partial charge in [0.15, 0.2) is 0 Å². The summed E-state index contributed by atoms with van der Waals surface area (Å²) in [7, 11) is 0. The molecule has 0 aliphatic heterocycles. The van der Waals surface area contributed by atoms with E-state index in [2.05, 4.69) is 60.7 Å². The predicted molar refractivity (Wildman–Crippen MR) is 130 cm³/mol. The van der Waals surface area contributed by atoms with E-state index in [1.165, 1.54) is 33.4 Å². The Morgan fingerprint density at radius 1 is 0.727 bits per heavy atom. The van der Waals surface area contributed by atoms with Gasteiger partial charge in [-0.05, 0) is 70.5 Å².